The maximum absolute atomic E-state index is 12.2. The topological polar surface area (TPSA) is 68.0 Å². The number of aromatic nitrogens is 2. The van der Waals surface area contributed by atoms with Gasteiger partial charge in [-0.25, -0.2) is 9.97 Å². The third kappa shape index (κ3) is 4.99. The molecule has 0 aliphatic rings. The Bertz CT molecular complexity index is 1110. The van der Waals surface area contributed by atoms with Crippen LogP contribution in [0.3, 0.4) is 0 Å². The number of hydrogen-bond acceptors (Lipinski definition) is 6. The van der Waals surface area contributed by atoms with E-state index in [1.165, 1.54) is 16.9 Å². The van der Waals surface area contributed by atoms with Crippen molar-refractivity contribution in [1.29, 1.82) is 0 Å². The predicted molar refractivity (Wildman–Crippen MR) is 117 cm³/mol. The van der Waals surface area contributed by atoms with Crippen molar-refractivity contribution in [2.75, 3.05) is 6.54 Å². The summed E-state index contributed by atoms with van der Waals surface area (Å²) < 4.78 is 5.58. The average Bonchev–Trinajstić information content (AvgIpc) is 3.44. The number of benzene rings is 1. The lowest BCUT2D eigenvalue weighted by Crippen LogP contribution is -2.27. The molecule has 0 spiro atoms. The Labute approximate surface area is 177 Å². The molecule has 4 rings (SSSR count). The van der Waals surface area contributed by atoms with Crippen LogP contribution in [0.25, 0.3) is 22.0 Å². The van der Waals surface area contributed by atoms with Gasteiger partial charge in [0.15, 0.2) is 10.8 Å². The highest BCUT2D eigenvalue weighted by Gasteiger charge is 2.11. The zero-order valence-corrected chi connectivity index (χ0v) is 17.9. The zero-order valence-electron chi connectivity index (χ0n) is 16.3. The average molecular weight is 424 g/mol. The molecule has 3 aromatic heterocycles. The highest BCUT2D eigenvalue weighted by Crippen LogP contribution is 2.25. The zero-order chi connectivity index (χ0) is 20.2. The third-order valence-electron chi connectivity index (χ3n) is 4.45. The number of aryl methyl sites for hydroxylation is 2. The molecule has 0 saturated carbocycles. The van der Waals surface area contributed by atoms with Gasteiger partial charge in [-0.1, -0.05) is 24.3 Å². The fraction of sp³-hybridized carbons (Fsp3) is 0.227. The second kappa shape index (κ2) is 8.71. The number of furan rings is 1. The highest BCUT2D eigenvalue weighted by molar-refractivity contribution is 7.13. The first kappa shape index (κ1) is 19.5. The second-order valence-corrected chi connectivity index (χ2v) is 8.70. The normalized spacial score (nSPS) is 11.0. The van der Waals surface area contributed by atoms with Crippen LogP contribution in [0.1, 0.15) is 22.0 Å². The third-order valence-corrected chi connectivity index (χ3v) is 6.13. The predicted octanol–water partition coefficient (Wildman–Crippen LogP) is 5.04. The van der Waals surface area contributed by atoms with Crippen LogP contribution >= 0.6 is 22.7 Å². The van der Waals surface area contributed by atoms with Gasteiger partial charge in [0.1, 0.15) is 5.76 Å². The minimum Gasteiger partial charge on any atom is -0.459 e. The van der Waals surface area contributed by atoms with Crippen LogP contribution in [0.2, 0.25) is 0 Å². The molecule has 1 amide bonds. The SMILES string of the molecule is Cc1ccc(-c2nc(CC(=O)NCCc3ccc(-c4csc(C)n4)cc3)cs2)o1. The number of hydrogen-bond donors (Lipinski definition) is 1. The van der Waals surface area contributed by atoms with Crippen LogP contribution in [0, 0.1) is 13.8 Å². The standard InChI is InChI=1S/C22H21N3O2S2/c1-14-3-8-20(27-14)22-25-18(12-29-22)11-21(26)23-10-9-16-4-6-17(7-5-16)19-13-28-15(2)24-19/h3-8,12-13H,9-11H2,1-2H3,(H,23,26). The van der Waals surface area contributed by atoms with Gasteiger partial charge in [-0.2, -0.15) is 0 Å². The lowest BCUT2D eigenvalue weighted by Gasteiger charge is -2.05. The summed E-state index contributed by atoms with van der Waals surface area (Å²) in [4.78, 5) is 21.2. The summed E-state index contributed by atoms with van der Waals surface area (Å²) in [5.41, 5.74) is 4.08. The van der Waals surface area contributed by atoms with Crippen LogP contribution in [0.5, 0.6) is 0 Å². The lowest BCUT2D eigenvalue weighted by atomic mass is 10.1. The Balaban J connectivity index is 1.25. The molecule has 7 heteroatoms. The van der Waals surface area contributed by atoms with E-state index in [1.807, 2.05) is 31.4 Å². The number of nitrogens with one attached hydrogen (secondary N) is 1. The molecule has 1 aromatic carbocycles. The number of amides is 1. The summed E-state index contributed by atoms with van der Waals surface area (Å²) in [5.74, 6) is 1.58. The van der Waals surface area contributed by atoms with E-state index in [1.54, 1.807) is 11.3 Å². The molecule has 0 bridgehead atoms. The van der Waals surface area contributed by atoms with Gasteiger partial charge < -0.3 is 9.73 Å². The van der Waals surface area contributed by atoms with E-state index in [9.17, 15) is 4.79 Å². The molecule has 0 atom stereocenters. The Morgan fingerprint density at radius 2 is 1.86 bits per heavy atom. The maximum Gasteiger partial charge on any atom is 0.226 e. The van der Waals surface area contributed by atoms with Crippen LogP contribution in [0.4, 0.5) is 0 Å². The van der Waals surface area contributed by atoms with Gasteiger partial charge in [0.25, 0.3) is 0 Å². The molecule has 0 aliphatic heterocycles. The molecule has 0 fully saturated rings. The number of carbonyl (C=O) groups is 1. The Kier molecular flexibility index (Phi) is 5.87. The van der Waals surface area contributed by atoms with Crippen molar-refractivity contribution >= 4 is 28.6 Å². The lowest BCUT2D eigenvalue weighted by molar-refractivity contribution is -0.120. The minimum absolute atomic E-state index is 0.0213. The quantitative estimate of drug-likeness (QED) is 0.452. The van der Waals surface area contributed by atoms with Gasteiger partial charge in [0.2, 0.25) is 5.91 Å². The van der Waals surface area contributed by atoms with E-state index in [0.717, 1.165) is 44.9 Å². The van der Waals surface area contributed by atoms with E-state index in [0.29, 0.717) is 6.54 Å². The van der Waals surface area contributed by atoms with Crippen molar-refractivity contribution < 1.29 is 9.21 Å². The van der Waals surface area contributed by atoms with Gasteiger partial charge in [-0.15, -0.1) is 22.7 Å². The number of rotatable bonds is 7. The molecule has 1 N–H and O–H groups in total. The Morgan fingerprint density at radius 3 is 2.55 bits per heavy atom. The molecule has 0 unspecified atom stereocenters. The molecule has 148 valence electrons. The maximum atomic E-state index is 12.2. The Morgan fingerprint density at radius 1 is 1.03 bits per heavy atom. The summed E-state index contributed by atoms with van der Waals surface area (Å²) in [6.45, 7) is 4.51. The van der Waals surface area contributed by atoms with Crippen molar-refractivity contribution in [3.63, 3.8) is 0 Å². The van der Waals surface area contributed by atoms with Crippen molar-refractivity contribution in [3.05, 3.63) is 69.2 Å². The van der Waals surface area contributed by atoms with Crippen molar-refractivity contribution in [1.82, 2.24) is 15.3 Å². The summed E-state index contributed by atoms with van der Waals surface area (Å²) in [7, 11) is 0. The van der Waals surface area contributed by atoms with Gasteiger partial charge in [-0.05, 0) is 38.0 Å². The summed E-state index contributed by atoms with van der Waals surface area (Å²) in [5, 5.41) is 8.82. The van der Waals surface area contributed by atoms with Gasteiger partial charge in [-0.3, -0.25) is 4.79 Å². The first-order chi connectivity index (χ1) is 14.1. The molecule has 0 aliphatic carbocycles. The van der Waals surface area contributed by atoms with Gasteiger partial charge in [0, 0.05) is 22.9 Å². The molecular formula is C22H21N3O2S2. The molecule has 0 saturated heterocycles. The number of nitrogens with zero attached hydrogens (tertiary/aromatic N) is 2. The van der Waals surface area contributed by atoms with Crippen molar-refractivity contribution in [2.45, 2.75) is 26.7 Å². The van der Waals surface area contributed by atoms with Gasteiger partial charge >= 0.3 is 0 Å². The van der Waals surface area contributed by atoms with Crippen LogP contribution in [-0.4, -0.2) is 22.4 Å². The van der Waals surface area contributed by atoms with E-state index < -0.39 is 0 Å². The molecular weight excluding hydrogens is 402 g/mol. The number of carbonyl (C=O) groups excluding carboxylic acids is 1. The van der Waals surface area contributed by atoms with Crippen LogP contribution in [-0.2, 0) is 17.6 Å². The summed E-state index contributed by atoms with van der Waals surface area (Å²) >= 11 is 3.14. The minimum atomic E-state index is -0.0213. The molecule has 4 aromatic rings. The smallest absolute Gasteiger partial charge is 0.226 e. The molecule has 29 heavy (non-hydrogen) atoms. The van der Waals surface area contributed by atoms with E-state index in [-0.39, 0.29) is 12.3 Å². The first-order valence-electron chi connectivity index (χ1n) is 9.36. The van der Waals surface area contributed by atoms with Crippen LogP contribution < -0.4 is 5.32 Å². The largest absolute Gasteiger partial charge is 0.459 e. The fourth-order valence-electron chi connectivity index (χ4n) is 2.96. The van der Waals surface area contributed by atoms with Crippen molar-refractivity contribution in [3.8, 4) is 22.0 Å². The number of thiazole rings is 2. The van der Waals surface area contributed by atoms with E-state index >= 15 is 0 Å². The van der Waals surface area contributed by atoms with Gasteiger partial charge in [0.05, 0.1) is 22.8 Å². The van der Waals surface area contributed by atoms with Crippen molar-refractivity contribution in [2.24, 2.45) is 0 Å². The molecule has 0 radical (unpaired) electrons. The highest BCUT2D eigenvalue weighted by atomic mass is 32.1. The second-order valence-electron chi connectivity index (χ2n) is 6.78. The summed E-state index contributed by atoms with van der Waals surface area (Å²) in [6, 6.07) is 12.2. The monoisotopic (exact) mass is 423 g/mol. The van der Waals surface area contributed by atoms with E-state index in [2.05, 4.69) is 44.9 Å². The summed E-state index contributed by atoms with van der Waals surface area (Å²) in [6.07, 6.45) is 1.06. The van der Waals surface area contributed by atoms with E-state index in [4.69, 9.17) is 4.42 Å². The Hall–Kier alpha value is -2.77. The molecule has 5 nitrogen and oxygen atoms in total. The molecule has 3 heterocycles. The first-order valence-corrected chi connectivity index (χ1v) is 11.1. The van der Waals surface area contributed by atoms with Crippen LogP contribution in [0.15, 0.2) is 51.6 Å². The fourth-order valence-corrected chi connectivity index (χ4v) is 4.36.